The van der Waals surface area contributed by atoms with Gasteiger partial charge in [0.1, 0.15) is 6.04 Å². The molecule has 0 bridgehead atoms. The van der Waals surface area contributed by atoms with Crippen LogP contribution in [0.4, 0.5) is 5.69 Å². The van der Waals surface area contributed by atoms with E-state index in [1.54, 1.807) is 25.1 Å². The molecule has 6 heteroatoms. The number of nitrogens with one attached hydrogen (secondary N) is 2. The molecule has 1 atom stereocenters. The summed E-state index contributed by atoms with van der Waals surface area (Å²) in [7, 11) is 0. The number of hydrogen-bond acceptors (Lipinski definition) is 2. The summed E-state index contributed by atoms with van der Waals surface area (Å²) in [5.74, 6) is -0.516. The zero-order valence-electron chi connectivity index (χ0n) is 13.2. The second-order valence-electron chi connectivity index (χ2n) is 5.28. The van der Waals surface area contributed by atoms with Crippen LogP contribution in [0.2, 0.25) is 10.0 Å². The Labute approximate surface area is 151 Å². The van der Waals surface area contributed by atoms with Crippen molar-refractivity contribution >= 4 is 40.7 Å². The largest absolute Gasteiger partial charge is 0.344 e. The molecule has 0 aliphatic rings. The number of carbonyl (C=O) groups is 2. The van der Waals surface area contributed by atoms with Crippen LogP contribution >= 0.6 is 23.2 Å². The Bertz CT molecular complexity index is 720. The number of amides is 2. The first-order valence-electron chi connectivity index (χ1n) is 7.58. The van der Waals surface area contributed by atoms with Crippen molar-refractivity contribution in [2.24, 2.45) is 0 Å². The maximum Gasteiger partial charge on any atom is 0.247 e. The van der Waals surface area contributed by atoms with Gasteiger partial charge in [0.15, 0.2) is 0 Å². The summed E-state index contributed by atoms with van der Waals surface area (Å²) < 4.78 is 0. The zero-order valence-corrected chi connectivity index (χ0v) is 14.7. The Hall–Kier alpha value is -2.04. The van der Waals surface area contributed by atoms with Gasteiger partial charge in [-0.3, -0.25) is 9.59 Å². The van der Waals surface area contributed by atoms with Crippen molar-refractivity contribution in [3.8, 4) is 0 Å². The van der Waals surface area contributed by atoms with E-state index < -0.39 is 6.04 Å². The van der Waals surface area contributed by atoms with Gasteiger partial charge in [-0.15, -0.1) is 0 Å². The maximum absolute atomic E-state index is 12.6. The van der Waals surface area contributed by atoms with Gasteiger partial charge in [0.2, 0.25) is 11.8 Å². The van der Waals surface area contributed by atoms with Gasteiger partial charge in [0.05, 0.1) is 10.7 Å². The van der Waals surface area contributed by atoms with Crippen LogP contribution in [0.1, 0.15) is 18.9 Å². The van der Waals surface area contributed by atoms with Crippen molar-refractivity contribution in [1.29, 1.82) is 0 Å². The van der Waals surface area contributed by atoms with Crippen molar-refractivity contribution in [3.05, 3.63) is 64.1 Å². The lowest BCUT2D eigenvalue weighted by Gasteiger charge is -2.19. The Kier molecular flexibility index (Phi) is 6.64. The highest BCUT2D eigenvalue weighted by atomic mass is 35.5. The highest BCUT2D eigenvalue weighted by Gasteiger charge is 2.21. The molecule has 0 aromatic heterocycles. The molecule has 24 heavy (non-hydrogen) atoms. The lowest BCUT2D eigenvalue weighted by atomic mass is 10.0. The molecule has 0 fully saturated rings. The van der Waals surface area contributed by atoms with E-state index >= 15 is 0 Å². The molecule has 0 heterocycles. The van der Waals surface area contributed by atoms with Gasteiger partial charge in [-0.2, -0.15) is 0 Å². The number of hydrogen-bond donors (Lipinski definition) is 2. The minimum Gasteiger partial charge on any atom is -0.344 e. The third-order valence-electron chi connectivity index (χ3n) is 3.44. The normalized spacial score (nSPS) is 11.6. The lowest BCUT2D eigenvalue weighted by molar-refractivity contribution is -0.126. The summed E-state index contributed by atoms with van der Waals surface area (Å²) in [6, 6.07) is 13.6. The maximum atomic E-state index is 12.6. The van der Waals surface area contributed by atoms with E-state index in [1.165, 1.54) is 0 Å². The van der Waals surface area contributed by atoms with Crippen LogP contribution in [-0.4, -0.2) is 17.9 Å². The van der Waals surface area contributed by atoms with Crippen LogP contribution < -0.4 is 10.6 Å². The molecule has 4 nitrogen and oxygen atoms in total. The van der Waals surface area contributed by atoms with Crippen LogP contribution in [0.3, 0.4) is 0 Å². The topological polar surface area (TPSA) is 58.2 Å². The Morgan fingerprint density at radius 2 is 1.79 bits per heavy atom. The van der Waals surface area contributed by atoms with Gasteiger partial charge >= 0.3 is 0 Å². The fourth-order valence-corrected chi connectivity index (χ4v) is 2.62. The van der Waals surface area contributed by atoms with E-state index in [0.29, 0.717) is 28.6 Å². The third kappa shape index (κ3) is 5.25. The molecule has 0 aliphatic heterocycles. The highest BCUT2D eigenvalue weighted by molar-refractivity contribution is 6.36. The summed E-state index contributed by atoms with van der Waals surface area (Å²) >= 11 is 11.9. The molecule has 2 N–H and O–H groups in total. The van der Waals surface area contributed by atoms with Crippen LogP contribution in [0.5, 0.6) is 0 Å². The van der Waals surface area contributed by atoms with Gasteiger partial charge in [0.25, 0.3) is 0 Å². The van der Waals surface area contributed by atoms with Crippen LogP contribution in [0.25, 0.3) is 0 Å². The Morgan fingerprint density at radius 3 is 2.42 bits per heavy atom. The summed E-state index contributed by atoms with van der Waals surface area (Å²) in [6.45, 7) is 1.74. The van der Waals surface area contributed by atoms with E-state index in [9.17, 15) is 9.59 Å². The minimum absolute atomic E-state index is 0.187. The fraction of sp³-hybridized carbons (Fsp3) is 0.222. The van der Waals surface area contributed by atoms with E-state index in [4.69, 9.17) is 23.2 Å². The first-order chi connectivity index (χ1) is 11.5. The van der Waals surface area contributed by atoms with Gasteiger partial charge in [0, 0.05) is 17.9 Å². The molecule has 0 radical (unpaired) electrons. The zero-order chi connectivity index (χ0) is 17.5. The van der Waals surface area contributed by atoms with Crippen LogP contribution in [-0.2, 0) is 16.0 Å². The molecular formula is C18H18Cl2N2O2. The Balaban J connectivity index is 2.15. The smallest absolute Gasteiger partial charge is 0.247 e. The van der Waals surface area contributed by atoms with Crippen molar-refractivity contribution in [3.63, 3.8) is 0 Å². The molecule has 0 aliphatic carbocycles. The molecule has 2 amide bonds. The van der Waals surface area contributed by atoms with E-state index in [-0.39, 0.29) is 11.8 Å². The number of anilines is 1. The number of halogens is 2. The molecule has 2 aromatic rings. The van der Waals surface area contributed by atoms with E-state index in [1.807, 2.05) is 30.3 Å². The average Bonchev–Trinajstić information content (AvgIpc) is 2.57. The van der Waals surface area contributed by atoms with Gasteiger partial charge in [-0.05, 0) is 23.8 Å². The standard InChI is InChI=1S/C18H18Cl2N2O2/c1-2-17(23)21-16(10-12-6-4-3-5-7-12)18(24)22-15-9-8-13(19)11-14(15)20/h3-9,11,16H,2,10H2,1H3,(H,21,23)(H,22,24). The van der Waals surface area contributed by atoms with Crippen LogP contribution in [0, 0.1) is 0 Å². The van der Waals surface area contributed by atoms with Crippen molar-refractivity contribution in [2.75, 3.05) is 5.32 Å². The lowest BCUT2D eigenvalue weighted by Crippen LogP contribution is -2.45. The predicted octanol–water partition coefficient (Wildman–Crippen LogP) is 4.07. The molecule has 0 saturated heterocycles. The van der Waals surface area contributed by atoms with Gasteiger partial charge < -0.3 is 10.6 Å². The molecule has 2 aromatic carbocycles. The minimum atomic E-state index is -0.688. The molecule has 1 unspecified atom stereocenters. The summed E-state index contributed by atoms with van der Waals surface area (Å²) in [6.07, 6.45) is 0.698. The van der Waals surface area contributed by atoms with Crippen molar-refractivity contribution < 1.29 is 9.59 Å². The molecule has 2 rings (SSSR count). The molecule has 126 valence electrons. The van der Waals surface area contributed by atoms with Crippen molar-refractivity contribution in [1.82, 2.24) is 5.32 Å². The van der Waals surface area contributed by atoms with E-state index in [2.05, 4.69) is 10.6 Å². The van der Waals surface area contributed by atoms with E-state index in [0.717, 1.165) is 5.56 Å². The second kappa shape index (κ2) is 8.71. The fourth-order valence-electron chi connectivity index (χ4n) is 2.17. The highest BCUT2D eigenvalue weighted by Crippen LogP contribution is 2.25. The van der Waals surface area contributed by atoms with Gasteiger partial charge in [-0.1, -0.05) is 60.5 Å². The third-order valence-corrected chi connectivity index (χ3v) is 3.99. The molecule has 0 saturated carbocycles. The first kappa shape index (κ1) is 18.3. The summed E-state index contributed by atoms with van der Waals surface area (Å²) in [5.41, 5.74) is 1.41. The number of rotatable bonds is 6. The monoisotopic (exact) mass is 364 g/mol. The molecule has 0 spiro atoms. The molecular weight excluding hydrogens is 347 g/mol. The SMILES string of the molecule is CCC(=O)NC(Cc1ccccc1)C(=O)Nc1ccc(Cl)cc1Cl. The number of benzene rings is 2. The van der Waals surface area contributed by atoms with Crippen molar-refractivity contribution in [2.45, 2.75) is 25.8 Å². The summed E-state index contributed by atoms with van der Waals surface area (Å²) in [5, 5.41) is 6.32. The quantitative estimate of drug-likeness (QED) is 0.811. The van der Waals surface area contributed by atoms with Crippen LogP contribution in [0.15, 0.2) is 48.5 Å². The van der Waals surface area contributed by atoms with Gasteiger partial charge in [-0.25, -0.2) is 0 Å². The summed E-state index contributed by atoms with van der Waals surface area (Å²) in [4.78, 5) is 24.3. The predicted molar refractivity (Wildman–Crippen MR) is 97.5 cm³/mol. The average molecular weight is 365 g/mol. The number of carbonyl (C=O) groups excluding carboxylic acids is 2. The first-order valence-corrected chi connectivity index (χ1v) is 8.34. The Morgan fingerprint density at radius 1 is 1.08 bits per heavy atom. The second-order valence-corrected chi connectivity index (χ2v) is 6.12.